The van der Waals surface area contributed by atoms with E-state index in [1.54, 1.807) is 6.20 Å². The van der Waals surface area contributed by atoms with Gasteiger partial charge in [0.1, 0.15) is 0 Å². The molecule has 0 saturated heterocycles. The standard InChI is InChI=1S/C14H23N3O3/c1-3-4-5-6-11(2)16-14(20)12-9-15-17(10-12)8-7-13(18)19/h9-11H,3-8H2,1-2H3,(H,16,20)(H,18,19). The van der Waals surface area contributed by atoms with Crippen molar-refractivity contribution in [3.63, 3.8) is 0 Å². The van der Waals surface area contributed by atoms with Gasteiger partial charge in [-0.05, 0) is 13.3 Å². The summed E-state index contributed by atoms with van der Waals surface area (Å²) in [4.78, 5) is 22.4. The third-order valence-corrected chi connectivity index (χ3v) is 3.07. The molecule has 1 heterocycles. The Hall–Kier alpha value is -1.85. The molecule has 2 N–H and O–H groups in total. The minimum Gasteiger partial charge on any atom is -0.481 e. The highest BCUT2D eigenvalue weighted by Gasteiger charge is 2.12. The smallest absolute Gasteiger partial charge is 0.305 e. The average Bonchev–Trinajstić information content (AvgIpc) is 2.85. The first-order chi connectivity index (χ1) is 9.52. The molecule has 112 valence electrons. The number of aromatic nitrogens is 2. The molecule has 1 aromatic rings. The largest absolute Gasteiger partial charge is 0.481 e. The van der Waals surface area contributed by atoms with Gasteiger partial charge >= 0.3 is 5.97 Å². The number of nitrogens with one attached hydrogen (secondary N) is 1. The number of rotatable bonds is 9. The number of hydrogen-bond donors (Lipinski definition) is 2. The molecule has 1 rings (SSSR count). The maximum Gasteiger partial charge on any atom is 0.305 e. The highest BCUT2D eigenvalue weighted by atomic mass is 16.4. The topological polar surface area (TPSA) is 84.2 Å². The Balaban J connectivity index is 2.41. The third kappa shape index (κ3) is 5.86. The van der Waals surface area contributed by atoms with Crippen LogP contribution in [0.15, 0.2) is 12.4 Å². The Bertz CT molecular complexity index is 443. The van der Waals surface area contributed by atoms with E-state index in [-0.39, 0.29) is 24.9 Å². The summed E-state index contributed by atoms with van der Waals surface area (Å²) in [5.41, 5.74) is 0.470. The van der Waals surface area contributed by atoms with E-state index in [0.29, 0.717) is 5.56 Å². The lowest BCUT2D eigenvalue weighted by Gasteiger charge is -2.12. The van der Waals surface area contributed by atoms with E-state index in [2.05, 4.69) is 17.3 Å². The van der Waals surface area contributed by atoms with E-state index in [1.807, 2.05) is 6.92 Å². The minimum atomic E-state index is -0.879. The Labute approximate surface area is 119 Å². The first kappa shape index (κ1) is 16.2. The molecule has 0 bridgehead atoms. The lowest BCUT2D eigenvalue weighted by Crippen LogP contribution is -2.32. The van der Waals surface area contributed by atoms with Crippen LogP contribution in [-0.2, 0) is 11.3 Å². The fourth-order valence-corrected chi connectivity index (χ4v) is 1.89. The second kappa shape index (κ2) is 8.35. The van der Waals surface area contributed by atoms with Crippen LogP contribution in [0, 0.1) is 0 Å². The number of carboxylic acid groups (broad SMARTS) is 1. The first-order valence-corrected chi connectivity index (χ1v) is 7.08. The summed E-state index contributed by atoms with van der Waals surface area (Å²) in [6.45, 7) is 4.41. The normalized spacial score (nSPS) is 12.1. The van der Waals surface area contributed by atoms with Crippen LogP contribution in [0.2, 0.25) is 0 Å². The number of aryl methyl sites for hydroxylation is 1. The lowest BCUT2D eigenvalue weighted by molar-refractivity contribution is -0.137. The Kier molecular flexibility index (Phi) is 6.76. The lowest BCUT2D eigenvalue weighted by atomic mass is 10.1. The van der Waals surface area contributed by atoms with Crippen molar-refractivity contribution in [3.8, 4) is 0 Å². The van der Waals surface area contributed by atoms with Gasteiger partial charge < -0.3 is 10.4 Å². The van der Waals surface area contributed by atoms with Crippen molar-refractivity contribution in [2.24, 2.45) is 0 Å². The minimum absolute atomic E-state index is 0.00381. The van der Waals surface area contributed by atoms with Crippen LogP contribution in [0.25, 0.3) is 0 Å². The molecule has 0 fully saturated rings. The Morgan fingerprint density at radius 2 is 2.20 bits per heavy atom. The number of carbonyl (C=O) groups is 2. The molecule has 0 aliphatic rings. The number of aliphatic carboxylic acids is 1. The van der Waals surface area contributed by atoms with Crippen LogP contribution >= 0.6 is 0 Å². The number of carbonyl (C=O) groups excluding carboxylic acids is 1. The summed E-state index contributed by atoms with van der Waals surface area (Å²) in [7, 11) is 0. The quantitative estimate of drug-likeness (QED) is 0.678. The molecule has 0 spiro atoms. The molecule has 1 amide bonds. The van der Waals surface area contributed by atoms with Crippen molar-refractivity contribution in [3.05, 3.63) is 18.0 Å². The van der Waals surface area contributed by atoms with Gasteiger partial charge in [-0.3, -0.25) is 14.3 Å². The van der Waals surface area contributed by atoms with Gasteiger partial charge in [-0.2, -0.15) is 5.10 Å². The van der Waals surface area contributed by atoms with Crippen molar-refractivity contribution < 1.29 is 14.7 Å². The second-order valence-corrected chi connectivity index (χ2v) is 5.01. The Morgan fingerprint density at radius 1 is 1.45 bits per heavy atom. The fraction of sp³-hybridized carbons (Fsp3) is 0.643. The molecule has 0 aliphatic heterocycles. The molecule has 1 atom stereocenters. The number of nitrogens with zero attached hydrogens (tertiary/aromatic N) is 2. The van der Waals surface area contributed by atoms with Gasteiger partial charge in [0.25, 0.3) is 5.91 Å². The average molecular weight is 281 g/mol. The monoisotopic (exact) mass is 281 g/mol. The highest BCUT2D eigenvalue weighted by molar-refractivity contribution is 5.93. The fourth-order valence-electron chi connectivity index (χ4n) is 1.89. The zero-order chi connectivity index (χ0) is 15.0. The molecule has 6 nitrogen and oxygen atoms in total. The third-order valence-electron chi connectivity index (χ3n) is 3.07. The molecular formula is C14H23N3O3. The summed E-state index contributed by atoms with van der Waals surface area (Å²) in [6, 6.07) is 0.136. The molecule has 0 saturated carbocycles. The van der Waals surface area contributed by atoms with Crippen molar-refractivity contribution in [2.75, 3.05) is 0 Å². The predicted molar refractivity (Wildman–Crippen MR) is 75.6 cm³/mol. The first-order valence-electron chi connectivity index (χ1n) is 7.08. The van der Waals surface area contributed by atoms with Crippen LogP contribution in [-0.4, -0.2) is 32.8 Å². The van der Waals surface area contributed by atoms with E-state index in [1.165, 1.54) is 17.3 Å². The van der Waals surface area contributed by atoms with Gasteiger partial charge in [0.2, 0.25) is 0 Å². The number of carboxylic acids is 1. The summed E-state index contributed by atoms with van der Waals surface area (Å²) in [6.07, 6.45) is 7.45. The van der Waals surface area contributed by atoms with Crippen LogP contribution in [0.3, 0.4) is 0 Å². The van der Waals surface area contributed by atoms with Crippen LogP contribution in [0.4, 0.5) is 0 Å². The molecule has 0 aromatic carbocycles. The predicted octanol–water partition coefficient (Wildman–Crippen LogP) is 2.06. The Morgan fingerprint density at radius 3 is 2.85 bits per heavy atom. The molecular weight excluding hydrogens is 258 g/mol. The summed E-state index contributed by atoms with van der Waals surface area (Å²) < 4.78 is 1.48. The maximum atomic E-state index is 12.0. The molecule has 1 unspecified atom stereocenters. The molecule has 0 aliphatic carbocycles. The van der Waals surface area contributed by atoms with E-state index in [4.69, 9.17) is 5.11 Å². The van der Waals surface area contributed by atoms with Crippen LogP contribution in [0.1, 0.15) is 56.3 Å². The van der Waals surface area contributed by atoms with Crippen molar-refractivity contribution in [1.82, 2.24) is 15.1 Å². The molecule has 20 heavy (non-hydrogen) atoms. The molecule has 6 heteroatoms. The van der Waals surface area contributed by atoms with Gasteiger partial charge in [-0.15, -0.1) is 0 Å². The van der Waals surface area contributed by atoms with Crippen molar-refractivity contribution in [2.45, 2.75) is 58.5 Å². The number of amides is 1. The molecule has 1 aromatic heterocycles. The van der Waals surface area contributed by atoms with E-state index in [9.17, 15) is 9.59 Å². The van der Waals surface area contributed by atoms with Crippen LogP contribution in [0.5, 0.6) is 0 Å². The van der Waals surface area contributed by atoms with Gasteiger partial charge in [-0.1, -0.05) is 26.2 Å². The molecule has 0 radical (unpaired) electrons. The summed E-state index contributed by atoms with van der Waals surface area (Å²) in [5.74, 6) is -1.04. The van der Waals surface area contributed by atoms with Gasteiger partial charge in [0, 0.05) is 12.2 Å². The second-order valence-electron chi connectivity index (χ2n) is 5.01. The highest BCUT2D eigenvalue weighted by Crippen LogP contribution is 2.05. The maximum absolute atomic E-state index is 12.0. The van der Waals surface area contributed by atoms with Crippen molar-refractivity contribution in [1.29, 1.82) is 0 Å². The van der Waals surface area contributed by atoms with Gasteiger partial charge in [0.15, 0.2) is 0 Å². The SMILES string of the molecule is CCCCCC(C)NC(=O)c1cnn(CCC(=O)O)c1. The van der Waals surface area contributed by atoms with Crippen molar-refractivity contribution >= 4 is 11.9 Å². The zero-order valence-corrected chi connectivity index (χ0v) is 12.1. The van der Waals surface area contributed by atoms with Gasteiger partial charge in [-0.25, -0.2) is 0 Å². The van der Waals surface area contributed by atoms with E-state index >= 15 is 0 Å². The number of unbranched alkanes of at least 4 members (excludes halogenated alkanes) is 2. The van der Waals surface area contributed by atoms with Gasteiger partial charge in [0.05, 0.1) is 24.7 Å². The zero-order valence-electron chi connectivity index (χ0n) is 12.1. The number of hydrogen-bond acceptors (Lipinski definition) is 3. The summed E-state index contributed by atoms with van der Waals surface area (Å²) >= 11 is 0. The summed E-state index contributed by atoms with van der Waals surface area (Å²) in [5, 5.41) is 15.5. The van der Waals surface area contributed by atoms with E-state index in [0.717, 1.165) is 19.3 Å². The van der Waals surface area contributed by atoms with E-state index < -0.39 is 5.97 Å². The van der Waals surface area contributed by atoms with Crippen LogP contribution < -0.4 is 5.32 Å².